The molecule has 0 saturated heterocycles. The van der Waals surface area contributed by atoms with Crippen LogP contribution in [0.15, 0.2) is 30.3 Å². The summed E-state index contributed by atoms with van der Waals surface area (Å²) in [6.45, 7) is 6.10. The zero-order chi connectivity index (χ0) is 27.1. The third-order valence-electron chi connectivity index (χ3n) is 5.45. The van der Waals surface area contributed by atoms with E-state index in [0.717, 1.165) is 5.56 Å². The van der Waals surface area contributed by atoms with Crippen molar-refractivity contribution in [3.8, 4) is 0 Å². The first-order valence-corrected chi connectivity index (χ1v) is 12.0. The minimum absolute atomic E-state index is 0.0121. The average molecular weight is 504 g/mol. The Morgan fingerprint density at radius 3 is 1.86 bits per heavy atom. The molecular formula is C25H37N5O6. The van der Waals surface area contributed by atoms with Gasteiger partial charge in [0.2, 0.25) is 29.5 Å². The van der Waals surface area contributed by atoms with E-state index in [9.17, 15) is 28.8 Å². The molecule has 0 bridgehead atoms. The molecule has 0 fully saturated rings. The number of carbonyl (C=O) groups is 6. The van der Waals surface area contributed by atoms with Crippen LogP contribution < -0.4 is 26.6 Å². The van der Waals surface area contributed by atoms with E-state index in [2.05, 4.69) is 26.6 Å². The number of likely N-dealkylation sites (N-methyl/N-ethyl adjacent to an activating group) is 1. The second-order valence-corrected chi connectivity index (χ2v) is 8.62. The Labute approximate surface area is 211 Å². The highest BCUT2D eigenvalue weighted by atomic mass is 16.2. The van der Waals surface area contributed by atoms with Crippen LogP contribution in [0.2, 0.25) is 0 Å². The van der Waals surface area contributed by atoms with E-state index >= 15 is 0 Å². The van der Waals surface area contributed by atoms with E-state index in [0.29, 0.717) is 13.0 Å². The van der Waals surface area contributed by atoms with Gasteiger partial charge in [-0.15, -0.1) is 0 Å². The fourth-order valence-electron chi connectivity index (χ4n) is 3.24. The monoisotopic (exact) mass is 503 g/mol. The van der Waals surface area contributed by atoms with Crippen LogP contribution in [0.25, 0.3) is 0 Å². The molecule has 198 valence electrons. The van der Waals surface area contributed by atoms with E-state index in [1.807, 2.05) is 6.07 Å². The average Bonchev–Trinajstić information content (AvgIpc) is 2.84. The molecule has 5 N–H and O–H groups in total. The van der Waals surface area contributed by atoms with Crippen molar-refractivity contribution in [3.63, 3.8) is 0 Å². The number of Topliss-reactive ketones (excluding diaryl/α,β-unsaturated/α-hetero) is 1. The highest BCUT2D eigenvalue weighted by molar-refractivity contribution is 5.93. The van der Waals surface area contributed by atoms with Crippen LogP contribution in [0.1, 0.15) is 39.7 Å². The quantitative estimate of drug-likeness (QED) is 0.216. The molecule has 2 unspecified atom stereocenters. The van der Waals surface area contributed by atoms with Crippen LogP contribution in [0, 0.1) is 11.8 Å². The van der Waals surface area contributed by atoms with E-state index in [-0.39, 0.29) is 43.0 Å². The second kappa shape index (κ2) is 16.0. The van der Waals surface area contributed by atoms with Crippen LogP contribution in [-0.2, 0) is 35.2 Å². The van der Waals surface area contributed by atoms with Gasteiger partial charge in [0.25, 0.3) is 0 Å². The number of amides is 5. The Balaban J connectivity index is 2.57. The van der Waals surface area contributed by atoms with E-state index in [1.54, 1.807) is 45.0 Å². The summed E-state index contributed by atoms with van der Waals surface area (Å²) in [7, 11) is 0. The van der Waals surface area contributed by atoms with Crippen molar-refractivity contribution in [1.29, 1.82) is 0 Å². The maximum absolute atomic E-state index is 12.6. The highest BCUT2D eigenvalue weighted by Gasteiger charge is 2.22. The molecule has 0 heterocycles. The molecule has 11 heteroatoms. The molecule has 5 amide bonds. The van der Waals surface area contributed by atoms with Crippen LogP contribution >= 0.6 is 0 Å². The number of rotatable bonds is 15. The number of ketones is 1. The molecule has 36 heavy (non-hydrogen) atoms. The van der Waals surface area contributed by atoms with Crippen molar-refractivity contribution in [3.05, 3.63) is 35.9 Å². The normalized spacial score (nSPS) is 12.9. The van der Waals surface area contributed by atoms with Gasteiger partial charge < -0.3 is 26.6 Å². The first-order chi connectivity index (χ1) is 17.0. The topological polar surface area (TPSA) is 163 Å². The zero-order valence-corrected chi connectivity index (χ0v) is 21.3. The second-order valence-electron chi connectivity index (χ2n) is 8.62. The lowest BCUT2D eigenvalue weighted by molar-refractivity contribution is -0.131. The predicted molar refractivity (Wildman–Crippen MR) is 133 cm³/mol. The van der Waals surface area contributed by atoms with E-state index in [1.165, 1.54) is 6.92 Å². The molecule has 0 aliphatic rings. The van der Waals surface area contributed by atoms with Crippen molar-refractivity contribution < 1.29 is 28.8 Å². The van der Waals surface area contributed by atoms with Gasteiger partial charge in [-0.1, -0.05) is 44.2 Å². The van der Waals surface area contributed by atoms with Gasteiger partial charge >= 0.3 is 0 Å². The summed E-state index contributed by atoms with van der Waals surface area (Å²) in [6, 6.07) is 8.08. The van der Waals surface area contributed by atoms with Crippen LogP contribution in [0.4, 0.5) is 0 Å². The third-order valence-corrected chi connectivity index (χ3v) is 5.45. The maximum Gasteiger partial charge on any atom is 0.243 e. The number of hydrogen-bond donors (Lipinski definition) is 5. The molecule has 1 aromatic rings. The van der Waals surface area contributed by atoms with Crippen molar-refractivity contribution in [2.45, 2.75) is 46.6 Å². The number of nitrogens with one attached hydrogen (secondary N) is 5. The lowest BCUT2D eigenvalue weighted by Crippen LogP contribution is -2.52. The van der Waals surface area contributed by atoms with Crippen molar-refractivity contribution in [2.24, 2.45) is 11.8 Å². The summed E-state index contributed by atoms with van der Waals surface area (Å²) in [5, 5.41) is 12.5. The fourth-order valence-corrected chi connectivity index (χ4v) is 3.24. The molecule has 11 nitrogen and oxygen atoms in total. The minimum atomic E-state index is -0.963. The lowest BCUT2D eigenvalue weighted by atomic mass is 9.94. The molecule has 0 spiro atoms. The Morgan fingerprint density at radius 2 is 1.28 bits per heavy atom. The SMILES string of the molecule is CCNC(=O)CNC(=O)[C@H](Cc1ccccc1)NC(=O)CNC(=O)CNC(=O)C(C)CC(C)C(C)=O. The Bertz CT molecular complexity index is 921. The molecule has 0 radical (unpaired) electrons. The van der Waals surface area contributed by atoms with E-state index < -0.39 is 36.2 Å². The van der Waals surface area contributed by atoms with E-state index in [4.69, 9.17) is 0 Å². The molecule has 0 aromatic heterocycles. The molecule has 0 saturated carbocycles. The van der Waals surface area contributed by atoms with Gasteiger partial charge in [0.1, 0.15) is 11.8 Å². The minimum Gasteiger partial charge on any atom is -0.355 e. The first-order valence-electron chi connectivity index (χ1n) is 12.0. The zero-order valence-electron chi connectivity index (χ0n) is 21.3. The lowest BCUT2D eigenvalue weighted by Gasteiger charge is -2.19. The molecule has 3 atom stereocenters. The molecular weight excluding hydrogens is 466 g/mol. The Hall–Kier alpha value is -3.76. The smallest absolute Gasteiger partial charge is 0.243 e. The van der Waals surface area contributed by atoms with Crippen LogP contribution in [0.5, 0.6) is 0 Å². The summed E-state index contributed by atoms with van der Waals surface area (Å²) >= 11 is 0. The number of carbonyl (C=O) groups excluding carboxylic acids is 6. The van der Waals surface area contributed by atoms with Crippen LogP contribution in [0.3, 0.4) is 0 Å². The Kier molecular flexibility index (Phi) is 13.5. The van der Waals surface area contributed by atoms with Gasteiger partial charge in [-0.3, -0.25) is 28.8 Å². The third kappa shape index (κ3) is 12.1. The molecule has 0 aliphatic carbocycles. The summed E-state index contributed by atoms with van der Waals surface area (Å²) in [4.78, 5) is 72.3. The molecule has 0 aliphatic heterocycles. The summed E-state index contributed by atoms with van der Waals surface area (Å²) in [5.41, 5.74) is 0.802. The first kappa shape index (κ1) is 30.3. The van der Waals surface area contributed by atoms with Gasteiger partial charge in [-0.25, -0.2) is 0 Å². The van der Waals surface area contributed by atoms with Gasteiger partial charge in [-0.2, -0.15) is 0 Å². The molecule has 1 aromatic carbocycles. The Morgan fingerprint density at radius 1 is 0.722 bits per heavy atom. The summed E-state index contributed by atoms with van der Waals surface area (Å²) in [6.07, 6.45) is 0.560. The maximum atomic E-state index is 12.6. The summed E-state index contributed by atoms with van der Waals surface area (Å²) in [5.74, 6) is -3.16. The van der Waals surface area contributed by atoms with Crippen molar-refractivity contribution in [2.75, 3.05) is 26.2 Å². The standard InChI is InChI=1S/C25H37N5O6/c1-5-26-21(32)13-29-25(36)20(12-19-9-7-6-8-10-19)30-23(34)15-27-22(33)14-28-24(35)17(3)11-16(2)18(4)31/h6-10,16-17,20H,5,11-15H2,1-4H3,(H,26,32)(H,27,33)(H,28,35)(H,29,36)(H,30,34)/t16?,17?,20-/m0/s1. The van der Waals surface area contributed by atoms with Gasteiger partial charge in [0.05, 0.1) is 19.6 Å². The number of hydrogen-bond acceptors (Lipinski definition) is 6. The van der Waals surface area contributed by atoms with Gasteiger partial charge in [0.15, 0.2) is 0 Å². The van der Waals surface area contributed by atoms with Crippen LogP contribution in [-0.4, -0.2) is 67.5 Å². The summed E-state index contributed by atoms with van der Waals surface area (Å²) < 4.78 is 0. The van der Waals surface area contributed by atoms with Crippen molar-refractivity contribution >= 4 is 35.3 Å². The predicted octanol–water partition coefficient (Wildman–Crippen LogP) is -0.550. The largest absolute Gasteiger partial charge is 0.355 e. The van der Waals surface area contributed by atoms with Gasteiger partial charge in [-0.05, 0) is 25.8 Å². The van der Waals surface area contributed by atoms with Crippen molar-refractivity contribution in [1.82, 2.24) is 26.6 Å². The van der Waals surface area contributed by atoms with Gasteiger partial charge in [0, 0.05) is 24.8 Å². The highest BCUT2D eigenvalue weighted by Crippen LogP contribution is 2.12. The fraction of sp³-hybridized carbons (Fsp3) is 0.520. The number of benzene rings is 1. The molecule has 1 rings (SSSR count).